The number of rotatable bonds is 4. The first kappa shape index (κ1) is 15.2. The Hall–Kier alpha value is -1.23. The van der Waals surface area contributed by atoms with Crippen LogP contribution in [-0.4, -0.2) is 7.11 Å². The largest absolute Gasteiger partial charge is 0.497 e. The zero-order valence-electron chi connectivity index (χ0n) is 11.2. The first-order chi connectivity index (χ1) is 9.51. The summed E-state index contributed by atoms with van der Waals surface area (Å²) < 4.78 is 11.7. The molecule has 2 N–H and O–H groups in total. The average molecular weight is 357 g/mol. The lowest BCUT2D eigenvalue weighted by molar-refractivity contribution is 0.412. The van der Waals surface area contributed by atoms with Crippen molar-refractivity contribution < 1.29 is 9.47 Å². The summed E-state index contributed by atoms with van der Waals surface area (Å²) in [5, 5.41) is 0.530. The summed E-state index contributed by atoms with van der Waals surface area (Å²) in [6.45, 7) is 1.91. The fourth-order valence-corrected chi connectivity index (χ4v) is 2.36. The molecule has 0 heterocycles. The molecule has 0 radical (unpaired) electrons. The number of hydrogen-bond donors (Lipinski definition) is 1. The van der Waals surface area contributed by atoms with Crippen molar-refractivity contribution in [2.75, 3.05) is 7.11 Å². The van der Waals surface area contributed by atoms with Crippen LogP contribution in [0.2, 0.25) is 5.02 Å². The number of halogens is 2. The Bertz CT molecular complexity index is 617. The summed E-state index contributed by atoms with van der Waals surface area (Å²) in [7, 11) is 1.62. The maximum Gasteiger partial charge on any atom is 0.146 e. The summed E-state index contributed by atoms with van der Waals surface area (Å²) >= 11 is 9.65. The van der Waals surface area contributed by atoms with Crippen LogP contribution in [0.5, 0.6) is 17.2 Å². The molecule has 0 fully saturated rings. The molecule has 20 heavy (non-hydrogen) atoms. The van der Waals surface area contributed by atoms with Gasteiger partial charge in [0.2, 0.25) is 0 Å². The van der Waals surface area contributed by atoms with Crippen LogP contribution in [0.4, 0.5) is 0 Å². The molecule has 3 nitrogen and oxygen atoms in total. The summed E-state index contributed by atoms with van der Waals surface area (Å²) in [5.74, 6) is 2.01. The second-order valence-corrected chi connectivity index (χ2v) is 5.64. The first-order valence-electron chi connectivity index (χ1n) is 6.07. The molecule has 0 amide bonds. The number of ether oxygens (including phenoxy) is 2. The fourth-order valence-electron chi connectivity index (χ4n) is 1.69. The van der Waals surface area contributed by atoms with E-state index in [0.29, 0.717) is 16.5 Å². The third-order valence-electron chi connectivity index (χ3n) is 2.84. The molecular weight excluding hydrogens is 342 g/mol. The topological polar surface area (TPSA) is 44.5 Å². The molecule has 0 aliphatic carbocycles. The Labute approximate surface area is 131 Å². The molecule has 2 aromatic rings. The van der Waals surface area contributed by atoms with Crippen LogP contribution in [0.3, 0.4) is 0 Å². The second kappa shape index (κ2) is 6.48. The highest BCUT2D eigenvalue weighted by molar-refractivity contribution is 9.10. The van der Waals surface area contributed by atoms with Crippen LogP contribution in [0.15, 0.2) is 40.9 Å². The highest BCUT2D eigenvalue weighted by Gasteiger charge is 2.09. The van der Waals surface area contributed by atoms with E-state index in [0.717, 1.165) is 15.8 Å². The van der Waals surface area contributed by atoms with Gasteiger partial charge in [0.05, 0.1) is 16.6 Å². The number of methoxy groups -OCH3 is 1. The lowest BCUT2D eigenvalue weighted by Gasteiger charge is -2.12. The Morgan fingerprint density at radius 1 is 1.15 bits per heavy atom. The van der Waals surface area contributed by atoms with E-state index in [4.69, 9.17) is 26.8 Å². The van der Waals surface area contributed by atoms with Crippen molar-refractivity contribution in [1.29, 1.82) is 0 Å². The molecule has 0 aromatic heterocycles. The predicted octanol–water partition coefficient (Wildman–Crippen LogP) is 4.92. The van der Waals surface area contributed by atoms with Crippen molar-refractivity contribution in [2.45, 2.75) is 13.0 Å². The van der Waals surface area contributed by atoms with Crippen LogP contribution in [0.25, 0.3) is 0 Å². The quantitative estimate of drug-likeness (QED) is 0.845. The molecule has 2 rings (SSSR count). The third-order valence-corrected chi connectivity index (χ3v) is 3.76. The molecule has 0 bridgehead atoms. The Balaban J connectivity index is 2.26. The second-order valence-electron chi connectivity index (χ2n) is 4.38. The molecule has 0 spiro atoms. The molecule has 0 saturated heterocycles. The summed E-state index contributed by atoms with van der Waals surface area (Å²) in [5.41, 5.74) is 6.79. The fraction of sp³-hybridized carbons (Fsp3) is 0.200. The molecule has 2 aromatic carbocycles. The van der Waals surface area contributed by atoms with E-state index in [1.165, 1.54) is 0 Å². The summed E-state index contributed by atoms with van der Waals surface area (Å²) in [6, 6.07) is 11.0. The third kappa shape index (κ3) is 3.45. The molecule has 1 atom stereocenters. The molecule has 0 aliphatic heterocycles. The zero-order chi connectivity index (χ0) is 14.7. The van der Waals surface area contributed by atoms with Crippen LogP contribution >= 0.6 is 27.5 Å². The smallest absolute Gasteiger partial charge is 0.146 e. The minimum absolute atomic E-state index is 0.0609. The average Bonchev–Trinajstić information content (AvgIpc) is 2.42. The van der Waals surface area contributed by atoms with Gasteiger partial charge in [-0.2, -0.15) is 0 Å². The van der Waals surface area contributed by atoms with Gasteiger partial charge in [0.15, 0.2) is 0 Å². The van der Waals surface area contributed by atoms with E-state index in [2.05, 4.69) is 15.9 Å². The van der Waals surface area contributed by atoms with Crippen molar-refractivity contribution in [3.05, 3.63) is 51.5 Å². The van der Waals surface area contributed by atoms with E-state index >= 15 is 0 Å². The van der Waals surface area contributed by atoms with Gasteiger partial charge in [-0.05, 0) is 58.7 Å². The normalized spacial score (nSPS) is 12.1. The minimum atomic E-state index is -0.0609. The van der Waals surface area contributed by atoms with E-state index in [-0.39, 0.29) is 6.04 Å². The maximum absolute atomic E-state index is 6.21. The van der Waals surface area contributed by atoms with Gasteiger partial charge in [-0.15, -0.1) is 0 Å². The minimum Gasteiger partial charge on any atom is -0.497 e. The Morgan fingerprint density at radius 3 is 2.40 bits per heavy atom. The summed E-state index contributed by atoms with van der Waals surface area (Å²) in [4.78, 5) is 0. The monoisotopic (exact) mass is 355 g/mol. The van der Waals surface area contributed by atoms with Crippen molar-refractivity contribution in [3.63, 3.8) is 0 Å². The van der Waals surface area contributed by atoms with Crippen molar-refractivity contribution in [3.8, 4) is 17.2 Å². The van der Waals surface area contributed by atoms with Gasteiger partial charge in [-0.25, -0.2) is 0 Å². The lowest BCUT2D eigenvalue weighted by Crippen LogP contribution is -2.04. The van der Waals surface area contributed by atoms with Crippen LogP contribution in [0, 0.1) is 0 Å². The molecule has 0 saturated carbocycles. The summed E-state index contributed by atoms with van der Waals surface area (Å²) in [6.07, 6.45) is 0. The van der Waals surface area contributed by atoms with Gasteiger partial charge in [0.25, 0.3) is 0 Å². The van der Waals surface area contributed by atoms with Gasteiger partial charge < -0.3 is 15.2 Å². The van der Waals surface area contributed by atoms with Gasteiger partial charge in [0.1, 0.15) is 17.2 Å². The molecule has 5 heteroatoms. The van der Waals surface area contributed by atoms with Crippen molar-refractivity contribution in [1.82, 2.24) is 0 Å². The van der Waals surface area contributed by atoms with Crippen molar-refractivity contribution >= 4 is 27.5 Å². The van der Waals surface area contributed by atoms with Gasteiger partial charge in [-0.1, -0.05) is 17.7 Å². The van der Waals surface area contributed by atoms with Gasteiger partial charge >= 0.3 is 0 Å². The predicted molar refractivity (Wildman–Crippen MR) is 84.8 cm³/mol. The maximum atomic E-state index is 6.21. The van der Waals surface area contributed by atoms with Gasteiger partial charge in [0, 0.05) is 6.04 Å². The molecule has 106 valence electrons. The number of nitrogens with two attached hydrogens (primary N) is 1. The van der Waals surface area contributed by atoms with E-state index in [1.807, 2.05) is 43.3 Å². The highest BCUT2D eigenvalue weighted by Crippen LogP contribution is 2.36. The zero-order valence-corrected chi connectivity index (χ0v) is 13.5. The van der Waals surface area contributed by atoms with Crippen LogP contribution in [0.1, 0.15) is 18.5 Å². The Kier molecular flexibility index (Phi) is 4.91. The standard InChI is InChI=1S/C15H15BrClNO2/c1-9(18)10-3-5-15(13(17)7-10)20-14-6-4-11(19-2)8-12(14)16/h3-9H,18H2,1-2H3. The Morgan fingerprint density at radius 2 is 1.85 bits per heavy atom. The first-order valence-corrected chi connectivity index (χ1v) is 7.24. The van der Waals surface area contributed by atoms with Gasteiger partial charge in [-0.3, -0.25) is 0 Å². The van der Waals surface area contributed by atoms with Crippen LogP contribution < -0.4 is 15.2 Å². The SMILES string of the molecule is COc1ccc(Oc2ccc(C(C)N)cc2Cl)c(Br)c1. The van der Waals surface area contributed by atoms with Crippen molar-refractivity contribution in [2.24, 2.45) is 5.73 Å². The molecular formula is C15H15BrClNO2. The lowest BCUT2D eigenvalue weighted by atomic mass is 10.1. The number of benzene rings is 2. The van der Waals surface area contributed by atoms with E-state index in [9.17, 15) is 0 Å². The highest BCUT2D eigenvalue weighted by atomic mass is 79.9. The van der Waals surface area contributed by atoms with E-state index < -0.39 is 0 Å². The molecule has 1 unspecified atom stereocenters. The van der Waals surface area contributed by atoms with Crippen LogP contribution in [-0.2, 0) is 0 Å². The number of hydrogen-bond acceptors (Lipinski definition) is 3. The van der Waals surface area contributed by atoms with E-state index in [1.54, 1.807) is 7.11 Å². The molecule has 0 aliphatic rings.